The minimum atomic E-state index is 0.0949. The van der Waals surface area contributed by atoms with E-state index < -0.39 is 0 Å². The van der Waals surface area contributed by atoms with Gasteiger partial charge in [0.05, 0.1) is 16.9 Å². The zero-order valence-electron chi connectivity index (χ0n) is 11.4. The number of hydrogen-bond donors (Lipinski definition) is 1. The third kappa shape index (κ3) is 2.28. The molecule has 1 N–H and O–H groups in total. The number of pyridine rings is 1. The largest absolute Gasteiger partial charge is 0.381 e. The van der Waals surface area contributed by atoms with Gasteiger partial charge in [0.1, 0.15) is 0 Å². The monoisotopic (exact) mass is 253 g/mol. The number of hydrogen-bond acceptors (Lipinski definition) is 3. The normalized spacial score (nSPS) is 16.6. The first-order valence-corrected chi connectivity index (χ1v) is 6.66. The molecule has 0 saturated carbocycles. The second-order valence-electron chi connectivity index (χ2n) is 5.62. The van der Waals surface area contributed by atoms with Crippen molar-refractivity contribution in [2.45, 2.75) is 25.9 Å². The van der Waals surface area contributed by atoms with Crippen LogP contribution in [0, 0.1) is 0 Å². The van der Waals surface area contributed by atoms with Gasteiger partial charge in [-0.25, -0.2) is 0 Å². The number of nitrogens with zero attached hydrogens (tertiary/aromatic N) is 2. The molecule has 0 fully saturated rings. The Hall–Kier alpha value is -2.03. The number of anilines is 2. The molecule has 3 nitrogen and oxygen atoms in total. The van der Waals surface area contributed by atoms with Gasteiger partial charge in [0.2, 0.25) is 0 Å². The Kier molecular flexibility index (Phi) is 2.90. The minimum absolute atomic E-state index is 0.0949. The number of para-hydroxylation sites is 2. The van der Waals surface area contributed by atoms with Crippen molar-refractivity contribution >= 4 is 11.4 Å². The first kappa shape index (κ1) is 12.0. The Morgan fingerprint density at radius 1 is 1.16 bits per heavy atom. The van der Waals surface area contributed by atoms with Gasteiger partial charge in [-0.3, -0.25) is 4.98 Å². The fourth-order valence-corrected chi connectivity index (χ4v) is 2.56. The number of fused-ring (bicyclic) bond motifs is 1. The molecule has 1 aromatic heterocycles. The number of rotatable bonds is 2. The predicted octanol–water partition coefficient (Wildman–Crippen LogP) is 3.29. The topological polar surface area (TPSA) is 28.2 Å². The molecule has 0 saturated heterocycles. The third-order valence-corrected chi connectivity index (χ3v) is 3.73. The van der Waals surface area contributed by atoms with Gasteiger partial charge in [0.25, 0.3) is 0 Å². The van der Waals surface area contributed by atoms with Crippen LogP contribution >= 0.6 is 0 Å². The summed E-state index contributed by atoms with van der Waals surface area (Å²) in [5.74, 6) is 0. The quantitative estimate of drug-likeness (QED) is 0.890. The van der Waals surface area contributed by atoms with E-state index in [-0.39, 0.29) is 5.54 Å². The number of benzene rings is 1. The fraction of sp³-hybridized carbons (Fsp3) is 0.312. The van der Waals surface area contributed by atoms with E-state index in [1.54, 1.807) is 0 Å². The van der Waals surface area contributed by atoms with Crippen LogP contribution in [-0.4, -0.2) is 17.1 Å². The summed E-state index contributed by atoms with van der Waals surface area (Å²) >= 11 is 0. The highest BCUT2D eigenvalue weighted by Gasteiger charge is 2.32. The molecule has 0 spiro atoms. The lowest BCUT2D eigenvalue weighted by Crippen LogP contribution is -2.51. The van der Waals surface area contributed by atoms with Gasteiger partial charge >= 0.3 is 0 Å². The lowest BCUT2D eigenvalue weighted by molar-refractivity contribution is 0.469. The summed E-state index contributed by atoms with van der Waals surface area (Å²) in [6.45, 7) is 6.41. The maximum atomic E-state index is 4.09. The fourth-order valence-electron chi connectivity index (χ4n) is 2.56. The maximum absolute atomic E-state index is 4.09. The van der Waals surface area contributed by atoms with Crippen LogP contribution < -0.4 is 10.2 Å². The SMILES string of the molecule is CC1(C)CNc2ccccc2N1Cc1ccncc1. The van der Waals surface area contributed by atoms with E-state index in [2.05, 4.69) is 65.4 Å². The van der Waals surface area contributed by atoms with Crippen LogP contribution in [-0.2, 0) is 6.54 Å². The average molecular weight is 253 g/mol. The Balaban J connectivity index is 1.97. The van der Waals surface area contributed by atoms with Crippen molar-refractivity contribution in [3.8, 4) is 0 Å². The zero-order valence-corrected chi connectivity index (χ0v) is 11.4. The summed E-state index contributed by atoms with van der Waals surface area (Å²) in [6.07, 6.45) is 3.72. The van der Waals surface area contributed by atoms with Crippen LogP contribution in [0.25, 0.3) is 0 Å². The summed E-state index contributed by atoms with van der Waals surface area (Å²) in [5.41, 5.74) is 3.88. The second kappa shape index (κ2) is 4.57. The zero-order chi connectivity index (χ0) is 13.3. The van der Waals surface area contributed by atoms with Crippen molar-refractivity contribution in [2.24, 2.45) is 0 Å². The lowest BCUT2D eigenvalue weighted by Gasteiger charge is -2.45. The van der Waals surface area contributed by atoms with Crippen molar-refractivity contribution in [1.29, 1.82) is 0 Å². The number of aromatic nitrogens is 1. The van der Waals surface area contributed by atoms with Crippen molar-refractivity contribution in [3.05, 3.63) is 54.4 Å². The highest BCUT2D eigenvalue weighted by Crippen LogP contribution is 2.36. The van der Waals surface area contributed by atoms with Crippen LogP contribution in [0.2, 0.25) is 0 Å². The van der Waals surface area contributed by atoms with E-state index >= 15 is 0 Å². The molecule has 1 aliphatic rings. The van der Waals surface area contributed by atoms with Gasteiger partial charge in [-0.05, 0) is 43.7 Å². The van der Waals surface area contributed by atoms with E-state index in [1.165, 1.54) is 16.9 Å². The maximum Gasteiger partial charge on any atom is 0.0610 e. The molecule has 2 aromatic rings. The summed E-state index contributed by atoms with van der Waals surface area (Å²) < 4.78 is 0. The number of nitrogens with one attached hydrogen (secondary N) is 1. The predicted molar refractivity (Wildman–Crippen MR) is 79.4 cm³/mol. The third-order valence-electron chi connectivity index (χ3n) is 3.73. The molecule has 0 bridgehead atoms. The summed E-state index contributed by atoms with van der Waals surface area (Å²) in [7, 11) is 0. The Bertz CT molecular complexity index is 563. The molecule has 1 aliphatic heterocycles. The van der Waals surface area contributed by atoms with Gasteiger partial charge in [0.15, 0.2) is 0 Å². The molecular formula is C16H19N3. The summed E-state index contributed by atoms with van der Waals surface area (Å²) in [5, 5.41) is 3.51. The molecule has 0 amide bonds. The van der Waals surface area contributed by atoms with Gasteiger partial charge < -0.3 is 10.2 Å². The second-order valence-corrected chi connectivity index (χ2v) is 5.62. The van der Waals surface area contributed by atoms with Crippen molar-refractivity contribution < 1.29 is 0 Å². The van der Waals surface area contributed by atoms with Gasteiger partial charge in [-0.15, -0.1) is 0 Å². The van der Waals surface area contributed by atoms with Crippen LogP contribution in [0.4, 0.5) is 11.4 Å². The van der Waals surface area contributed by atoms with Gasteiger partial charge in [0, 0.05) is 25.5 Å². The Morgan fingerprint density at radius 3 is 2.68 bits per heavy atom. The van der Waals surface area contributed by atoms with E-state index in [4.69, 9.17) is 0 Å². The molecule has 3 rings (SSSR count). The molecule has 1 aromatic carbocycles. The van der Waals surface area contributed by atoms with Gasteiger partial charge in [-0.1, -0.05) is 12.1 Å². The molecular weight excluding hydrogens is 234 g/mol. The molecule has 98 valence electrons. The van der Waals surface area contributed by atoms with E-state index in [9.17, 15) is 0 Å². The molecule has 19 heavy (non-hydrogen) atoms. The lowest BCUT2D eigenvalue weighted by atomic mass is 9.96. The van der Waals surface area contributed by atoms with Crippen LogP contribution in [0.1, 0.15) is 19.4 Å². The van der Waals surface area contributed by atoms with Crippen molar-refractivity contribution in [2.75, 3.05) is 16.8 Å². The molecule has 3 heteroatoms. The molecule has 0 unspecified atom stereocenters. The average Bonchev–Trinajstić information content (AvgIpc) is 2.43. The minimum Gasteiger partial charge on any atom is -0.381 e. The van der Waals surface area contributed by atoms with Crippen LogP contribution in [0.15, 0.2) is 48.8 Å². The van der Waals surface area contributed by atoms with Gasteiger partial charge in [-0.2, -0.15) is 0 Å². The first-order valence-electron chi connectivity index (χ1n) is 6.66. The van der Waals surface area contributed by atoms with Crippen LogP contribution in [0.3, 0.4) is 0 Å². The molecule has 0 radical (unpaired) electrons. The Labute approximate surface area is 114 Å². The van der Waals surface area contributed by atoms with Crippen LogP contribution in [0.5, 0.6) is 0 Å². The van der Waals surface area contributed by atoms with E-state index in [0.29, 0.717) is 0 Å². The van der Waals surface area contributed by atoms with Crippen molar-refractivity contribution in [1.82, 2.24) is 4.98 Å². The summed E-state index contributed by atoms with van der Waals surface area (Å²) in [6, 6.07) is 12.7. The highest BCUT2D eigenvalue weighted by atomic mass is 15.3. The standard InChI is InChI=1S/C16H19N3/c1-16(2)12-18-14-5-3-4-6-15(14)19(16)11-13-7-9-17-10-8-13/h3-10,18H,11-12H2,1-2H3. The van der Waals surface area contributed by atoms with E-state index in [0.717, 1.165) is 13.1 Å². The van der Waals surface area contributed by atoms with E-state index in [1.807, 2.05) is 12.4 Å². The molecule has 0 aliphatic carbocycles. The Morgan fingerprint density at radius 2 is 1.89 bits per heavy atom. The first-order chi connectivity index (χ1) is 9.17. The molecule has 2 heterocycles. The molecule has 0 atom stereocenters. The van der Waals surface area contributed by atoms with Crippen molar-refractivity contribution in [3.63, 3.8) is 0 Å². The smallest absolute Gasteiger partial charge is 0.0610 e. The summed E-state index contributed by atoms with van der Waals surface area (Å²) in [4.78, 5) is 6.55. The highest BCUT2D eigenvalue weighted by molar-refractivity contribution is 5.73.